The van der Waals surface area contributed by atoms with Gasteiger partial charge in [0.25, 0.3) is 0 Å². The van der Waals surface area contributed by atoms with Crippen LogP contribution >= 0.6 is 0 Å². The molecule has 3 aromatic carbocycles. The number of carboxylic acid groups (broad SMARTS) is 1. The number of primary amides is 1. The fourth-order valence-corrected chi connectivity index (χ4v) is 5.82. The summed E-state index contributed by atoms with van der Waals surface area (Å²) in [4.78, 5) is 69.1. The summed E-state index contributed by atoms with van der Waals surface area (Å²) in [5.41, 5.74) is 8.51. The summed E-state index contributed by atoms with van der Waals surface area (Å²) in [6, 6.07) is 16.9. The van der Waals surface area contributed by atoms with Gasteiger partial charge in [0.05, 0.1) is 18.7 Å². The number of hydrogen-bond donors (Lipinski definition) is 6. The van der Waals surface area contributed by atoms with E-state index >= 15 is 0 Å². The van der Waals surface area contributed by atoms with Crippen LogP contribution in [-0.4, -0.2) is 62.8 Å². The van der Waals surface area contributed by atoms with Crippen molar-refractivity contribution in [2.75, 3.05) is 5.32 Å². The maximum absolute atomic E-state index is 14.0. The molecule has 0 spiro atoms. The molecule has 5 rings (SSSR count). The third-order valence-electron chi connectivity index (χ3n) is 7.98. The van der Waals surface area contributed by atoms with Crippen molar-refractivity contribution >= 4 is 57.1 Å². The number of rotatable bonds is 10. The number of benzene rings is 3. The van der Waals surface area contributed by atoms with E-state index in [1.807, 2.05) is 74.5 Å². The molecule has 1 aromatic heterocycles. The number of aromatic nitrogens is 1. The number of aliphatic carboxylic acids is 1. The van der Waals surface area contributed by atoms with E-state index in [0.717, 1.165) is 32.9 Å². The number of nitrogens with two attached hydrogens (primary N) is 1. The van der Waals surface area contributed by atoms with Crippen molar-refractivity contribution in [1.29, 1.82) is 0 Å². The highest BCUT2D eigenvalue weighted by atomic mass is 16.4. The number of H-pyrrole nitrogens is 1. The van der Waals surface area contributed by atoms with Crippen molar-refractivity contribution in [3.8, 4) is 0 Å². The van der Waals surface area contributed by atoms with Crippen molar-refractivity contribution in [1.82, 2.24) is 20.5 Å². The standard InChI is InChI=1S/C33H36N6O6/c1-18(2)14-26(31(43)36-25(30(34)42)16-29(40)41)37-32(44)28-15-22-21-11-5-6-12-24(21)35-27(22)17-39(28)33(45)38-23-13-7-9-19-8-3-4-10-20(19)23/h3-13,18,25-26,28,35H,14-17H2,1-2H3,(H2,34,42)(H,36,43)(H,37,44)(H,38,45)(H,40,41)/t25-,26-,28+/m0/s1. The van der Waals surface area contributed by atoms with Gasteiger partial charge < -0.3 is 36.7 Å². The summed E-state index contributed by atoms with van der Waals surface area (Å²) < 4.78 is 0. The van der Waals surface area contributed by atoms with Gasteiger partial charge in [-0.05, 0) is 35.4 Å². The zero-order chi connectivity index (χ0) is 32.2. The van der Waals surface area contributed by atoms with Gasteiger partial charge >= 0.3 is 12.0 Å². The molecular weight excluding hydrogens is 576 g/mol. The monoisotopic (exact) mass is 612 g/mol. The van der Waals surface area contributed by atoms with Crippen LogP contribution in [0.2, 0.25) is 0 Å². The predicted molar refractivity (Wildman–Crippen MR) is 169 cm³/mol. The molecule has 1 aliphatic rings. The molecule has 0 saturated carbocycles. The molecule has 5 amide bonds. The lowest BCUT2D eigenvalue weighted by molar-refractivity contribution is -0.140. The Bertz CT molecular complexity index is 1780. The number of carbonyl (C=O) groups is 5. The Morgan fingerprint density at radius 1 is 0.933 bits per heavy atom. The van der Waals surface area contributed by atoms with Crippen LogP contribution < -0.4 is 21.7 Å². The predicted octanol–water partition coefficient (Wildman–Crippen LogP) is 3.26. The van der Waals surface area contributed by atoms with E-state index in [0.29, 0.717) is 5.69 Å². The molecule has 4 aromatic rings. The first-order valence-corrected chi connectivity index (χ1v) is 14.8. The van der Waals surface area contributed by atoms with Gasteiger partial charge in [-0.15, -0.1) is 0 Å². The fourth-order valence-electron chi connectivity index (χ4n) is 5.82. The average molecular weight is 613 g/mol. The van der Waals surface area contributed by atoms with Crippen LogP contribution in [0.25, 0.3) is 21.7 Å². The van der Waals surface area contributed by atoms with Crippen molar-refractivity contribution < 1.29 is 29.1 Å². The molecule has 12 nitrogen and oxygen atoms in total. The molecule has 0 fully saturated rings. The smallest absolute Gasteiger partial charge is 0.322 e. The number of carbonyl (C=O) groups excluding carboxylic acids is 4. The van der Waals surface area contributed by atoms with E-state index in [1.165, 1.54) is 4.90 Å². The van der Waals surface area contributed by atoms with Crippen LogP contribution in [0, 0.1) is 5.92 Å². The zero-order valence-electron chi connectivity index (χ0n) is 25.0. The third-order valence-corrected chi connectivity index (χ3v) is 7.98. The normalized spacial score (nSPS) is 15.7. The van der Waals surface area contributed by atoms with Crippen LogP contribution in [0.3, 0.4) is 0 Å². The maximum Gasteiger partial charge on any atom is 0.322 e. The molecule has 3 atom stereocenters. The van der Waals surface area contributed by atoms with E-state index in [4.69, 9.17) is 10.8 Å². The van der Waals surface area contributed by atoms with Gasteiger partial charge in [0.15, 0.2) is 0 Å². The number of para-hydroxylation sites is 1. The summed E-state index contributed by atoms with van der Waals surface area (Å²) in [6.45, 7) is 3.83. The van der Waals surface area contributed by atoms with Gasteiger partial charge in [0, 0.05) is 28.4 Å². The molecule has 0 aliphatic carbocycles. The largest absolute Gasteiger partial charge is 0.481 e. The molecule has 234 valence electrons. The van der Waals surface area contributed by atoms with E-state index in [2.05, 4.69) is 20.9 Å². The quantitative estimate of drug-likeness (QED) is 0.160. The minimum absolute atomic E-state index is 0.0510. The Morgan fingerprint density at radius 3 is 2.33 bits per heavy atom. The number of anilines is 1. The lowest BCUT2D eigenvalue weighted by atomic mass is 9.95. The van der Waals surface area contributed by atoms with Gasteiger partial charge in [-0.2, -0.15) is 0 Å². The molecule has 2 heterocycles. The Morgan fingerprint density at radius 2 is 1.62 bits per heavy atom. The van der Waals surface area contributed by atoms with Crippen molar-refractivity contribution in [2.24, 2.45) is 11.7 Å². The summed E-state index contributed by atoms with van der Waals surface area (Å²) in [7, 11) is 0. The van der Waals surface area contributed by atoms with E-state index < -0.39 is 54.3 Å². The summed E-state index contributed by atoms with van der Waals surface area (Å²) >= 11 is 0. The minimum atomic E-state index is -1.45. The second-order valence-electron chi connectivity index (χ2n) is 11.7. The van der Waals surface area contributed by atoms with Gasteiger partial charge in [-0.1, -0.05) is 68.4 Å². The maximum atomic E-state index is 14.0. The number of carboxylic acids is 1. The van der Waals surface area contributed by atoms with Crippen LogP contribution in [0.15, 0.2) is 66.7 Å². The van der Waals surface area contributed by atoms with Gasteiger partial charge in [0.2, 0.25) is 17.7 Å². The number of nitrogens with one attached hydrogen (secondary N) is 4. The summed E-state index contributed by atoms with van der Waals surface area (Å²) in [5.74, 6) is -3.67. The van der Waals surface area contributed by atoms with E-state index in [1.54, 1.807) is 6.07 Å². The van der Waals surface area contributed by atoms with Crippen LogP contribution in [0.1, 0.15) is 37.9 Å². The Kier molecular flexibility index (Phi) is 9.03. The molecule has 45 heavy (non-hydrogen) atoms. The van der Waals surface area contributed by atoms with E-state index in [-0.39, 0.29) is 25.3 Å². The second kappa shape index (κ2) is 13.1. The SMILES string of the molecule is CC(C)C[C@H](NC(=O)[C@H]1Cc2c([nH]c3ccccc23)CN1C(=O)Nc1cccc2ccccc12)C(=O)N[C@@H](CC(=O)O)C(N)=O. The van der Waals surface area contributed by atoms with Crippen LogP contribution in [0.5, 0.6) is 0 Å². The number of amides is 5. The fraction of sp³-hybridized carbons (Fsp3) is 0.303. The first-order chi connectivity index (χ1) is 21.5. The zero-order valence-corrected chi connectivity index (χ0v) is 25.0. The lowest BCUT2D eigenvalue weighted by Gasteiger charge is -2.36. The van der Waals surface area contributed by atoms with E-state index in [9.17, 15) is 24.0 Å². The lowest BCUT2D eigenvalue weighted by Crippen LogP contribution is -2.59. The average Bonchev–Trinajstić information content (AvgIpc) is 3.37. The first kappa shape index (κ1) is 31.0. The minimum Gasteiger partial charge on any atom is -0.481 e. The van der Waals surface area contributed by atoms with Crippen molar-refractivity contribution in [3.63, 3.8) is 0 Å². The van der Waals surface area contributed by atoms with Crippen molar-refractivity contribution in [3.05, 3.63) is 78.0 Å². The van der Waals surface area contributed by atoms with Crippen molar-refractivity contribution in [2.45, 2.75) is 57.8 Å². The highest BCUT2D eigenvalue weighted by Crippen LogP contribution is 2.32. The highest BCUT2D eigenvalue weighted by Gasteiger charge is 2.38. The molecule has 1 aliphatic heterocycles. The summed E-state index contributed by atoms with van der Waals surface area (Å²) in [5, 5.41) is 20.0. The number of nitrogens with zero attached hydrogens (tertiary/aromatic N) is 1. The first-order valence-electron chi connectivity index (χ1n) is 14.8. The Hall–Kier alpha value is -5.39. The molecule has 0 bridgehead atoms. The number of hydrogen-bond acceptors (Lipinski definition) is 5. The molecule has 0 unspecified atom stereocenters. The van der Waals surface area contributed by atoms with Gasteiger partial charge in [-0.25, -0.2) is 4.79 Å². The number of fused-ring (bicyclic) bond motifs is 4. The molecule has 0 radical (unpaired) electrons. The Balaban J connectivity index is 1.45. The highest BCUT2D eigenvalue weighted by molar-refractivity contribution is 6.03. The number of aromatic amines is 1. The summed E-state index contributed by atoms with van der Waals surface area (Å²) in [6.07, 6.45) is -0.312. The topological polar surface area (TPSA) is 187 Å². The molecule has 7 N–H and O–H groups in total. The second-order valence-corrected chi connectivity index (χ2v) is 11.7. The number of urea groups is 1. The van der Waals surface area contributed by atoms with Gasteiger partial charge in [-0.3, -0.25) is 19.2 Å². The molecular formula is C33H36N6O6. The van der Waals surface area contributed by atoms with Crippen LogP contribution in [0.4, 0.5) is 10.5 Å². The Labute approximate surface area is 259 Å². The van der Waals surface area contributed by atoms with Crippen LogP contribution in [-0.2, 0) is 32.1 Å². The molecule has 0 saturated heterocycles. The van der Waals surface area contributed by atoms with Gasteiger partial charge in [0.1, 0.15) is 18.1 Å². The third kappa shape index (κ3) is 6.90. The molecule has 12 heteroatoms.